The smallest absolute Gasteiger partial charge is 0.310 e. The normalized spacial score (nSPS) is 10.7. The van der Waals surface area contributed by atoms with Gasteiger partial charge in [-0.1, -0.05) is 42.5 Å². The second-order valence-electron chi connectivity index (χ2n) is 4.71. The van der Waals surface area contributed by atoms with Crippen LogP contribution in [-0.4, -0.2) is 16.9 Å². The van der Waals surface area contributed by atoms with Crippen molar-refractivity contribution in [1.29, 1.82) is 0 Å². The lowest BCUT2D eigenvalue weighted by Crippen LogP contribution is -2.07. The average Bonchev–Trinajstić information content (AvgIpc) is 2.92. The Labute approximate surface area is 127 Å². The Morgan fingerprint density at radius 2 is 1.90 bits per heavy atom. The highest BCUT2D eigenvalue weighted by Gasteiger charge is 2.09. The fourth-order valence-corrected chi connectivity index (χ4v) is 3.05. The maximum absolute atomic E-state index is 11.5. The average molecular weight is 297 g/mol. The molecule has 0 aliphatic carbocycles. The second kappa shape index (κ2) is 6.06. The Balaban J connectivity index is 1.85. The topological polar surface area (TPSA) is 39.2 Å². The Morgan fingerprint density at radius 1 is 1.14 bits per heavy atom. The number of nitrogens with zero attached hydrogens (tertiary/aromatic N) is 1. The van der Waals surface area contributed by atoms with Gasteiger partial charge in [0.15, 0.2) is 0 Å². The summed E-state index contributed by atoms with van der Waals surface area (Å²) < 4.78 is 10.7. The van der Waals surface area contributed by atoms with E-state index in [-0.39, 0.29) is 5.97 Å². The van der Waals surface area contributed by atoms with Crippen LogP contribution in [0.15, 0.2) is 48.5 Å². The summed E-state index contributed by atoms with van der Waals surface area (Å²) in [7, 11) is 0. The Bertz CT molecular complexity index is 762. The standard InChI is InChI=1S/C17H15NO2S/c1-2-20-16(19)11-12-7-9-13(10-8-12)17-14-5-3-4-6-15(14)21-18-17/h3-10H,2,11H2,1H3. The van der Waals surface area contributed by atoms with Gasteiger partial charge in [0.25, 0.3) is 0 Å². The number of hydrogen-bond donors (Lipinski definition) is 0. The number of fused-ring (bicyclic) bond motifs is 1. The fourth-order valence-electron chi connectivity index (χ4n) is 2.25. The van der Waals surface area contributed by atoms with E-state index < -0.39 is 0 Å². The highest BCUT2D eigenvalue weighted by Crippen LogP contribution is 2.30. The maximum atomic E-state index is 11.5. The van der Waals surface area contributed by atoms with Crippen molar-refractivity contribution >= 4 is 27.6 Å². The van der Waals surface area contributed by atoms with Crippen molar-refractivity contribution < 1.29 is 9.53 Å². The van der Waals surface area contributed by atoms with Crippen molar-refractivity contribution in [2.45, 2.75) is 13.3 Å². The van der Waals surface area contributed by atoms with Crippen molar-refractivity contribution in [3.8, 4) is 11.3 Å². The first-order valence-electron chi connectivity index (χ1n) is 6.87. The minimum Gasteiger partial charge on any atom is -0.466 e. The van der Waals surface area contributed by atoms with Crippen LogP contribution < -0.4 is 0 Å². The summed E-state index contributed by atoms with van der Waals surface area (Å²) >= 11 is 1.51. The van der Waals surface area contributed by atoms with Crippen LogP contribution in [0.4, 0.5) is 0 Å². The van der Waals surface area contributed by atoms with Gasteiger partial charge in [-0.25, -0.2) is 0 Å². The van der Waals surface area contributed by atoms with Gasteiger partial charge in [0.05, 0.1) is 23.4 Å². The summed E-state index contributed by atoms with van der Waals surface area (Å²) in [5.41, 5.74) is 3.02. The predicted molar refractivity (Wildman–Crippen MR) is 85.4 cm³/mol. The Morgan fingerprint density at radius 3 is 2.67 bits per heavy atom. The molecule has 0 radical (unpaired) electrons. The van der Waals surface area contributed by atoms with E-state index in [1.54, 1.807) is 0 Å². The summed E-state index contributed by atoms with van der Waals surface area (Å²) in [5, 5.41) is 1.17. The van der Waals surface area contributed by atoms with Crippen molar-refractivity contribution in [2.75, 3.05) is 6.61 Å². The van der Waals surface area contributed by atoms with Crippen LogP contribution in [0.25, 0.3) is 21.3 Å². The molecule has 0 bridgehead atoms. The molecule has 3 nitrogen and oxygen atoms in total. The number of ether oxygens (including phenoxy) is 1. The van der Waals surface area contributed by atoms with Crippen molar-refractivity contribution in [3.05, 3.63) is 54.1 Å². The molecule has 0 N–H and O–H groups in total. The third-order valence-corrected chi connectivity index (χ3v) is 4.09. The van der Waals surface area contributed by atoms with Gasteiger partial charge in [-0.3, -0.25) is 4.79 Å². The van der Waals surface area contributed by atoms with E-state index in [0.717, 1.165) is 16.8 Å². The van der Waals surface area contributed by atoms with E-state index in [2.05, 4.69) is 16.5 Å². The van der Waals surface area contributed by atoms with Gasteiger partial charge in [-0.2, -0.15) is 4.37 Å². The Kier molecular flexibility index (Phi) is 3.97. The first-order chi connectivity index (χ1) is 10.3. The minimum atomic E-state index is -0.190. The summed E-state index contributed by atoms with van der Waals surface area (Å²) in [6.45, 7) is 2.23. The molecular weight excluding hydrogens is 282 g/mol. The molecule has 106 valence electrons. The largest absolute Gasteiger partial charge is 0.466 e. The lowest BCUT2D eigenvalue weighted by Gasteiger charge is -2.03. The van der Waals surface area contributed by atoms with Crippen LogP contribution >= 0.6 is 11.5 Å². The van der Waals surface area contributed by atoms with Crippen LogP contribution in [0.3, 0.4) is 0 Å². The minimum absolute atomic E-state index is 0.190. The van der Waals surface area contributed by atoms with Crippen molar-refractivity contribution in [1.82, 2.24) is 4.37 Å². The summed E-state index contributed by atoms with van der Waals surface area (Å²) in [4.78, 5) is 11.5. The lowest BCUT2D eigenvalue weighted by molar-refractivity contribution is -0.142. The first-order valence-corrected chi connectivity index (χ1v) is 7.64. The van der Waals surface area contributed by atoms with Crippen LogP contribution in [0.1, 0.15) is 12.5 Å². The van der Waals surface area contributed by atoms with Gasteiger partial charge in [0.2, 0.25) is 0 Å². The third-order valence-electron chi connectivity index (χ3n) is 3.26. The SMILES string of the molecule is CCOC(=O)Cc1ccc(-c2nsc3ccccc23)cc1. The number of rotatable bonds is 4. The first kappa shape index (κ1) is 13.8. The molecule has 0 saturated heterocycles. The molecule has 3 aromatic rings. The second-order valence-corrected chi connectivity index (χ2v) is 5.51. The molecule has 1 heterocycles. The van der Waals surface area contributed by atoms with E-state index in [1.807, 2.05) is 43.3 Å². The summed E-state index contributed by atoms with van der Waals surface area (Å²) in [5.74, 6) is -0.190. The number of carbonyl (C=O) groups excluding carboxylic acids is 1. The molecule has 21 heavy (non-hydrogen) atoms. The lowest BCUT2D eigenvalue weighted by atomic mass is 10.0. The highest BCUT2D eigenvalue weighted by atomic mass is 32.1. The molecule has 0 spiro atoms. The summed E-state index contributed by atoms with van der Waals surface area (Å²) in [6, 6.07) is 16.1. The molecule has 0 aliphatic heterocycles. The molecule has 2 aromatic carbocycles. The zero-order chi connectivity index (χ0) is 14.7. The van der Waals surface area contributed by atoms with Crippen molar-refractivity contribution in [3.63, 3.8) is 0 Å². The van der Waals surface area contributed by atoms with Crippen LogP contribution in [0.5, 0.6) is 0 Å². The number of esters is 1. The molecule has 3 rings (SSSR count). The van der Waals surface area contributed by atoms with E-state index in [1.165, 1.54) is 21.6 Å². The molecule has 0 saturated carbocycles. The van der Waals surface area contributed by atoms with Gasteiger partial charge in [-0.05, 0) is 30.1 Å². The number of hydrogen-bond acceptors (Lipinski definition) is 4. The van der Waals surface area contributed by atoms with E-state index >= 15 is 0 Å². The van der Waals surface area contributed by atoms with E-state index in [0.29, 0.717) is 13.0 Å². The van der Waals surface area contributed by atoms with Gasteiger partial charge in [0, 0.05) is 10.9 Å². The number of aromatic nitrogens is 1. The molecule has 0 atom stereocenters. The van der Waals surface area contributed by atoms with Gasteiger partial charge >= 0.3 is 5.97 Å². The van der Waals surface area contributed by atoms with Gasteiger partial charge in [-0.15, -0.1) is 0 Å². The zero-order valence-corrected chi connectivity index (χ0v) is 12.5. The number of carbonyl (C=O) groups is 1. The van der Waals surface area contributed by atoms with Crippen LogP contribution in [0.2, 0.25) is 0 Å². The number of benzene rings is 2. The molecule has 4 heteroatoms. The fraction of sp³-hybridized carbons (Fsp3) is 0.176. The van der Waals surface area contributed by atoms with Crippen LogP contribution in [0, 0.1) is 0 Å². The van der Waals surface area contributed by atoms with Crippen molar-refractivity contribution in [2.24, 2.45) is 0 Å². The predicted octanol–water partition coefficient (Wildman–Crippen LogP) is 4.07. The molecule has 1 aromatic heterocycles. The van der Waals surface area contributed by atoms with E-state index in [4.69, 9.17) is 4.74 Å². The maximum Gasteiger partial charge on any atom is 0.310 e. The molecule has 0 aliphatic rings. The Hall–Kier alpha value is -2.20. The van der Waals surface area contributed by atoms with Gasteiger partial charge < -0.3 is 4.74 Å². The zero-order valence-electron chi connectivity index (χ0n) is 11.7. The monoisotopic (exact) mass is 297 g/mol. The molecular formula is C17H15NO2S. The van der Waals surface area contributed by atoms with Crippen LogP contribution in [-0.2, 0) is 16.0 Å². The highest BCUT2D eigenvalue weighted by molar-refractivity contribution is 7.13. The third kappa shape index (κ3) is 2.95. The van der Waals surface area contributed by atoms with E-state index in [9.17, 15) is 4.79 Å². The molecule has 0 fully saturated rings. The van der Waals surface area contributed by atoms with Gasteiger partial charge in [0.1, 0.15) is 0 Å². The molecule has 0 amide bonds. The molecule has 0 unspecified atom stereocenters. The quantitative estimate of drug-likeness (QED) is 0.681. The summed E-state index contributed by atoms with van der Waals surface area (Å²) in [6.07, 6.45) is 0.311.